The maximum Gasteiger partial charge on any atom is 0.318 e. The Kier molecular flexibility index (Phi) is 4.18. The summed E-state index contributed by atoms with van der Waals surface area (Å²) in [4.78, 5) is 23.7. The first-order valence-corrected chi connectivity index (χ1v) is 5.22. The number of carbonyl (C=O) groups is 2. The molecule has 1 aliphatic carbocycles. The molecule has 1 saturated carbocycles. The highest BCUT2D eigenvalue weighted by Gasteiger charge is 2.30. The molecule has 2 N–H and O–H groups in total. The average molecular weight is 224 g/mol. The highest BCUT2D eigenvalue weighted by atomic mass is 16.4. The number of carboxylic acid groups (broad SMARTS) is 1. The Morgan fingerprint density at radius 3 is 2.75 bits per heavy atom. The summed E-state index contributed by atoms with van der Waals surface area (Å²) in [5.41, 5.74) is 0. The van der Waals surface area contributed by atoms with Crippen molar-refractivity contribution >= 4 is 12.0 Å². The predicted molar refractivity (Wildman–Crippen MR) is 58.8 cm³/mol. The molecule has 0 aromatic rings. The number of rotatable bonds is 3. The Labute approximate surface area is 94.8 Å². The van der Waals surface area contributed by atoms with Crippen molar-refractivity contribution in [1.82, 2.24) is 10.2 Å². The minimum atomic E-state index is -0.784. The normalized spacial score (nSPS) is 23.5. The van der Waals surface area contributed by atoms with Crippen LogP contribution in [-0.2, 0) is 4.79 Å². The van der Waals surface area contributed by atoms with E-state index < -0.39 is 5.97 Å². The molecule has 0 saturated heterocycles. The highest BCUT2D eigenvalue weighted by Crippen LogP contribution is 2.25. The number of aliphatic carboxylic acids is 1. The van der Waals surface area contributed by atoms with E-state index in [0.29, 0.717) is 19.3 Å². The van der Waals surface area contributed by atoms with Crippen LogP contribution in [0.3, 0.4) is 0 Å². The Balaban J connectivity index is 2.37. The third-order valence-electron chi connectivity index (χ3n) is 2.78. The smallest absolute Gasteiger partial charge is 0.318 e. The van der Waals surface area contributed by atoms with Crippen LogP contribution in [0.4, 0.5) is 4.79 Å². The molecular weight excluding hydrogens is 208 g/mol. The molecule has 1 fully saturated rings. The van der Waals surface area contributed by atoms with E-state index in [0.717, 1.165) is 0 Å². The largest absolute Gasteiger partial charge is 0.481 e. The van der Waals surface area contributed by atoms with Gasteiger partial charge in [-0.15, -0.1) is 6.42 Å². The second kappa shape index (κ2) is 5.40. The lowest BCUT2D eigenvalue weighted by Gasteiger charge is -2.18. The summed E-state index contributed by atoms with van der Waals surface area (Å²) in [6, 6.07) is -0.289. The molecule has 5 nitrogen and oxygen atoms in total. The predicted octanol–water partition coefficient (Wildman–Crippen LogP) is 0.514. The number of carbonyl (C=O) groups excluding carboxylic acids is 1. The van der Waals surface area contributed by atoms with Crippen molar-refractivity contribution in [2.24, 2.45) is 5.92 Å². The standard InChI is InChI=1S/C11H16N2O3/c1-3-6-13(2)11(16)12-9-5-4-8(7-9)10(14)15/h1,8-9H,4-7H2,2H3,(H,12,16)(H,14,15)/t8-,9+/m1/s1. The van der Waals surface area contributed by atoms with Gasteiger partial charge in [-0.25, -0.2) is 4.79 Å². The lowest BCUT2D eigenvalue weighted by Crippen LogP contribution is -2.42. The summed E-state index contributed by atoms with van der Waals surface area (Å²) >= 11 is 0. The van der Waals surface area contributed by atoms with Crippen LogP contribution in [0, 0.1) is 18.3 Å². The van der Waals surface area contributed by atoms with Crippen molar-refractivity contribution < 1.29 is 14.7 Å². The van der Waals surface area contributed by atoms with Crippen molar-refractivity contribution in [3.8, 4) is 12.3 Å². The quantitative estimate of drug-likeness (QED) is 0.686. The molecule has 0 heterocycles. The number of nitrogens with one attached hydrogen (secondary N) is 1. The number of hydrogen-bond acceptors (Lipinski definition) is 2. The minimum absolute atomic E-state index is 0.0474. The Morgan fingerprint density at radius 2 is 2.25 bits per heavy atom. The van der Waals surface area contributed by atoms with Gasteiger partial charge in [-0.3, -0.25) is 4.79 Å². The van der Waals surface area contributed by atoms with E-state index >= 15 is 0 Å². The maximum absolute atomic E-state index is 11.5. The fourth-order valence-corrected chi connectivity index (χ4v) is 1.83. The Hall–Kier alpha value is -1.70. The summed E-state index contributed by atoms with van der Waals surface area (Å²) in [5.74, 6) is 1.26. The zero-order valence-corrected chi connectivity index (χ0v) is 9.27. The zero-order chi connectivity index (χ0) is 12.1. The molecule has 16 heavy (non-hydrogen) atoms. The van der Waals surface area contributed by atoms with E-state index in [2.05, 4.69) is 11.2 Å². The SMILES string of the molecule is C#CCN(C)C(=O)N[C@H]1CC[C@@H](C(=O)O)C1. The molecule has 0 aliphatic heterocycles. The van der Waals surface area contributed by atoms with E-state index in [1.165, 1.54) is 4.90 Å². The molecule has 0 aromatic heterocycles. The zero-order valence-electron chi connectivity index (χ0n) is 9.27. The number of hydrogen-bond donors (Lipinski definition) is 2. The van der Waals surface area contributed by atoms with Crippen molar-refractivity contribution in [3.05, 3.63) is 0 Å². The third kappa shape index (κ3) is 3.16. The van der Waals surface area contributed by atoms with Gasteiger partial charge in [0.1, 0.15) is 0 Å². The average Bonchev–Trinajstić information content (AvgIpc) is 2.66. The summed E-state index contributed by atoms with van der Waals surface area (Å²) in [5, 5.41) is 11.6. The van der Waals surface area contributed by atoms with Crippen LogP contribution in [0.2, 0.25) is 0 Å². The summed E-state index contributed by atoms with van der Waals surface area (Å²) in [7, 11) is 1.61. The van der Waals surface area contributed by atoms with Crippen molar-refractivity contribution in [1.29, 1.82) is 0 Å². The number of terminal acetylenes is 1. The first-order valence-electron chi connectivity index (χ1n) is 5.22. The van der Waals surface area contributed by atoms with Gasteiger partial charge in [-0.05, 0) is 19.3 Å². The van der Waals surface area contributed by atoms with E-state index in [-0.39, 0.29) is 24.5 Å². The Bertz CT molecular complexity index is 322. The third-order valence-corrected chi connectivity index (χ3v) is 2.78. The highest BCUT2D eigenvalue weighted by molar-refractivity contribution is 5.75. The monoisotopic (exact) mass is 224 g/mol. The van der Waals surface area contributed by atoms with Gasteiger partial charge in [0.2, 0.25) is 0 Å². The topological polar surface area (TPSA) is 69.6 Å². The van der Waals surface area contributed by atoms with Gasteiger partial charge < -0.3 is 15.3 Å². The molecule has 0 radical (unpaired) electrons. The lowest BCUT2D eigenvalue weighted by atomic mass is 10.1. The van der Waals surface area contributed by atoms with Crippen LogP contribution in [-0.4, -0.2) is 41.6 Å². The molecule has 2 amide bonds. The molecule has 0 spiro atoms. The fourth-order valence-electron chi connectivity index (χ4n) is 1.83. The first kappa shape index (κ1) is 12.4. The molecular formula is C11H16N2O3. The second-order valence-corrected chi connectivity index (χ2v) is 4.05. The first-order chi connectivity index (χ1) is 7.54. The summed E-state index contributed by atoms with van der Waals surface area (Å²) in [6.07, 6.45) is 6.93. The van der Waals surface area contributed by atoms with Crippen molar-refractivity contribution in [2.45, 2.75) is 25.3 Å². The van der Waals surface area contributed by atoms with Gasteiger partial charge in [-0.2, -0.15) is 0 Å². The lowest BCUT2D eigenvalue weighted by molar-refractivity contribution is -0.141. The number of amides is 2. The van der Waals surface area contributed by atoms with Crippen LogP contribution in [0.5, 0.6) is 0 Å². The number of urea groups is 1. The van der Waals surface area contributed by atoms with Gasteiger partial charge in [0.05, 0.1) is 12.5 Å². The van der Waals surface area contributed by atoms with Crippen LogP contribution >= 0.6 is 0 Å². The van der Waals surface area contributed by atoms with Crippen molar-refractivity contribution in [2.75, 3.05) is 13.6 Å². The molecule has 1 rings (SSSR count). The van der Waals surface area contributed by atoms with Gasteiger partial charge >= 0.3 is 12.0 Å². The number of nitrogens with zero attached hydrogens (tertiary/aromatic N) is 1. The van der Waals surface area contributed by atoms with Crippen LogP contribution in [0.15, 0.2) is 0 Å². The van der Waals surface area contributed by atoms with E-state index in [4.69, 9.17) is 11.5 Å². The maximum atomic E-state index is 11.5. The van der Waals surface area contributed by atoms with Crippen molar-refractivity contribution in [3.63, 3.8) is 0 Å². The molecule has 1 aliphatic rings. The van der Waals surface area contributed by atoms with E-state index in [1.807, 2.05) is 0 Å². The molecule has 0 aromatic carbocycles. The van der Waals surface area contributed by atoms with Gasteiger partial charge in [0, 0.05) is 13.1 Å². The molecule has 0 bridgehead atoms. The van der Waals surface area contributed by atoms with Crippen LogP contribution < -0.4 is 5.32 Å². The van der Waals surface area contributed by atoms with Gasteiger partial charge in [-0.1, -0.05) is 5.92 Å². The molecule has 2 atom stereocenters. The van der Waals surface area contributed by atoms with Crippen LogP contribution in [0.1, 0.15) is 19.3 Å². The molecule has 0 unspecified atom stereocenters. The van der Waals surface area contributed by atoms with E-state index in [9.17, 15) is 9.59 Å². The van der Waals surface area contributed by atoms with Gasteiger partial charge in [0.25, 0.3) is 0 Å². The molecule has 5 heteroatoms. The second-order valence-electron chi connectivity index (χ2n) is 4.05. The number of carboxylic acids is 1. The summed E-state index contributed by atoms with van der Waals surface area (Å²) < 4.78 is 0. The van der Waals surface area contributed by atoms with Gasteiger partial charge in [0.15, 0.2) is 0 Å². The Morgan fingerprint density at radius 1 is 1.56 bits per heavy atom. The fraction of sp³-hybridized carbons (Fsp3) is 0.636. The molecule has 88 valence electrons. The van der Waals surface area contributed by atoms with Crippen LogP contribution in [0.25, 0.3) is 0 Å². The summed E-state index contributed by atoms with van der Waals surface area (Å²) in [6.45, 7) is 0.251. The minimum Gasteiger partial charge on any atom is -0.481 e. The van der Waals surface area contributed by atoms with E-state index in [1.54, 1.807) is 7.05 Å².